The third kappa shape index (κ3) is 6.04. The summed E-state index contributed by atoms with van der Waals surface area (Å²) in [5.74, 6) is -1.99. The molecule has 2 unspecified atom stereocenters. The van der Waals surface area contributed by atoms with E-state index in [1.54, 1.807) is 6.92 Å². The minimum Gasteiger partial charge on any atom is -0.396 e. The predicted molar refractivity (Wildman–Crippen MR) is 115 cm³/mol. The Labute approximate surface area is 192 Å². The van der Waals surface area contributed by atoms with Gasteiger partial charge in [0.15, 0.2) is 0 Å². The van der Waals surface area contributed by atoms with Crippen LogP contribution in [0.5, 0.6) is 0 Å². The number of nitrogens with one attached hydrogen (secondary N) is 1. The van der Waals surface area contributed by atoms with E-state index in [2.05, 4.69) is 5.32 Å². The number of carbonyl (C=O) groups excluding carboxylic acids is 1. The molecule has 176 valence electrons. The van der Waals surface area contributed by atoms with Gasteiger partial charge in [-0.15, -0.1) is 0 Å². The number of carbonyl (C=O) groups is 1. The molecule has 0 heterocycles. The van der Waals surface area contributed by atoms with Crippen molar-refractivity contribution in [3.63, 3.8) is 0 Å². The number of nitrogens with zero attached hydrogens (tertiary/aromatic N) is 1. The zero-order chi connectivity index (χ0) is 24.2. The second kappa shape index (κ2) is 10.7. The molecule has 0 aliphatic heterocycles. The van der Waals surface area contributed by atoms with Gasteiger partial charge in [-0.2, -0.15) is 13.2 Å². The molecule has 2 rings (SSSR count). The first-order valence-electron chi connectivity index (χ1n) is 9.51. The van der Waals surface area contributed by atoms with Gasteiger partial charge in [-0.25, -0.2) is 9.45 Å². The molecule has 2 atom stereocenters. The van der Waals surface area contributed by atoms with Crippen LogP contribution in [0, 0.1) is 5.82 Å². The minimum atomic E-state index is -4.65. The number of halogens is 6. The standard InChI is InChI=1S/C21H22Cl2F4N2O3/c1-11(6-7-30)28-20(31)12(2)15-5-4-14(10-18(15)24)29(32-3)19-16(22)8-13(9-17(19)23)21(25,26)27/h4-5,8-12,30H,6-7H2,1-3H3,(H,28,31). The maximum absolute atomic E-state index is 14.9. The molecule has 0 aliphatic carbocycles. The third-order valence-electron chi connectivity index (χ3n) is 4.76. The average molecular weight is 497 g/mol. The summed E-state index contributed by atoms with van der Waals surface area (Å²) in [7, 11) is 1.22. The molecule has 0 radical (unpaired) electrons. The molecule has 0 aliphatic rings. The van der Waals surface area contributed by atoms with E-state index in [0.717, 1.165) is 11.1 Å². The van der Waals surface area contributed by atoms with Crippen LogP contribution in [0.3, 0.4) is 0 Å². The van der Waals surface area contributed by atoms with Crippen molar-refractivity contribution >= 4 is 40.5 Å². The zero-order valence-electron chi connectivity index (χ0n) is 17.4. The van der Waals surface area contributed by atoms with E-state index in [-0.39, 0.29) is 39.6 Å². The molecule has 0 spiro atoms. The number of hydrogen-bond acceptors (Lipinski definition) is 4. The largest absolute Gasteiger partial charge is 0.416 e. The second-order valence-corrected chi connectivity index (χ2v) is 7.93. The fourth-order valence-corrected chi connectivity index (χ4v) is 3.66. The quantitative estimate of drug-likeness (QED) is 0.356. The summed E-state index contributed by atoms with van der Waals surface area (Å²) in [4.78, 5) is 17.6. The van der Waals surface area contributed by atoms with Gasteiger partial charge in [-0.3, -0.25) is 9.63 Å². The lowest BCUT2D eigenvalue weighted by atomic mass is 9.98. The summed E-state index contributed by atoms with van der Waals surface area (Å²) < 4.78 is 53.8. The van der Waals surface area contributed by atoms with E-state index in [9.17, 15) is 22.4 Å². The van der Waals surface area contributed by atoms with E-state index in [1.165, 1.54) is 26.2 Å². The van der Waals surface area contributed by atoms with Gasteiger partial charge in [0.05, 0.1) is 34.3 Å². The van der Waals surface area contributed by atoms with Gasteiger partial charge < -0.3 is 10.4 Å². The Morgan fingerprint density at radius 2 is 1.78 bits per heavy atom. The van der Waals surface area contributed by atoms with Crippen LogP contribution in [0.1, 0.15) is 37.3 Å². The van der Waals surface area contributed by atoms with Gasteiger partial charge in [0.1, 0.15) is 11.5 Å². The van der Waals surface area contributed by atoms with E-state index in [4.69, 9.17) is 33.1 Å². The Kier molecular flexibility index (Phi) is 8.75. The Morgan fingerprint density at radius 3 is 2.25 bits per heavy atom. The highest BCUT2D eigenvalue weighted by atomic mass is 35.5. The zero-order valence-corrected chi connectivity index (χ0v) is 18.9. The molecule has 0 saturated carbocycles. The van der Waals surface area contributed by atoms with Crippen LogP contribution in [0.2, 0.25) is 10.0 Å². The Hall–Kier alpha value is -2.07. The van der Waals surface area contributed by atoms with Crippen LogP contribution in [-0.4, -0.2) is 30.8 Å². The van der Waals surface area contributed by atoms with Crippen LogP contribution >= 0.6 is 23.2 Å². The normalized spacial score (nSPS) is 13.6. The first-order valence-corrected chi connectivity index (χ1v) is 10.3. The van der Waals surface area contributed by atoms with Gasteiger partial charge in [0, 0.05) is 24.3 Å². The van der Waals surface area contributed by atoms with Gasteiger partial charge >= 0.3 is 6.18 Å². The predicted octanol–water partition coefficient (Wildman–Crippen LogP) is 5.84. The number of aliphatic hydroxyl groups excluding tert-OH is 1. The molecule has 2 N–H and O–H groups in total. The summed E-state index contributed by atoms with van der Waals surface area (Å²) in [6, 6.07) is 4.95. The highest BCUT2D eigenvalue weighted by Crippen LogP contribution is 2.43. The molecule has 5 nitrogen and oxygen atoms in total. The molecular weight excluding hydrogens is 475 g/mol. The molecule has 0 bridgehead atoms. The Bertz CT molecular complexity index is 950. The summed E-state index contributed by atoms with van der Waals surface area (Å²) in [6.45, 7) is 3.14. The first-order chi connectivity index (χ1) is 14.9. The number of alkyl halides is 3. The van der Waals surface area contributed by atoms with Crippen molar-refractivity contribution in [2.45, 2.75) is 38.4 Å². The van der Waals surface area contributed by atoms with Crippen molar-refractivity contribution in [3.05, 3.63) is 57.3 Å². The van der Waals surface area contributed by atoms with E-state index in [1.807, 2.05) is 0 Å². The SMILES string of the molecule is CON(c1ccc(C(C)C(=O)NC(C)CCO)c(F)c1)c1c(Cl)cc(C(F)(F)F)cc1Cl. The molecule has 0 saturated heterocycles. The summed E-state index contributed by atoms with van der Waals surface area (Å²) in [5.41, 5.74) is -0.939. The van der Waals surface area contributed by atoms with Crippen molar-refractivity contribution in [3.8, 4) is 0 Å². The summed E-state index contributed by atoms with van der Waals surface area (Å²) >= 11 is 12.1. The average Bonchev–Trinajstić information content (AvgIpc) is 2.69. The number of benzene rings is 2. The lowest BCUT2D eigenvalue weighted by Gasteiger charge is -2.25. The van der Waals surface area contributed by atoms with Gasteiger partial charge in [0.2, 0.25) is 5.91 Å². The molecule has 2 aromatic rings. The highest BCUT2D eigenvalue weighted by molar-refractivity contribution is 6.39. The lowest BCUT2D eigenvalue weighted by Crippen LogP contribution is -2.36. The monoisotopic (exact) mass is 496 g/mol. The van der Waals surface area contributed by atoms with Gasteiger partial charge in [-0.05, 0) is 38.5 Å². The number of aliphatic hydroxyl groups is 1. The molecule has 11 heteroatoms. The molecule has 2 aromatic carbocycles. The van der Waals surface area contributed by atoms with Crippen LogP contribution < -0.4 is 10.4 Å². The fourth-order valence-electron chi connectivity index (χ4n) is 3.02. The van der Waals surface area contributed by atoms with Crippen LogP contribution in [0.25, 0.3) is 0 Å². The molecular formula is C21H22Cl2F4N2O3. The van der Waals surface area contributed by atoms with E-state index in [0.29, 0.717) is 18.6 Å². The van der Waals surface area contributed by atoms with Crippen LogP contribution in [0.15, 0.2) is 30.3 Å². The fraction of sp³-hybridized carbons (Fsp3) is 0.381. The first kappa shape index (κ1) is 26.2. The number of amides is 1. The van der Waals surface area contributed by atoms with Crippen molar-refractivity contribution < 1.29 is 32.3 Å². The van der Waals surface area contributed by atoms with E-state index >= 15 is 0 Å². The van der Waals surface area contributed by atoms with Crippen molar-refractivity contribution in [1.29, 1.82) is 0 Å². The lowest BCUT2D eigenvalue weighted by molar-refractivity contribution is -0.137. The van der Waals surface area contributed by atoms with Gasteiger partial charge in [0.25, 0.3) is 0 Å². The van der Waals surface area contributed by atoms with Crippen molar-refractivity contribution in [1.82, 2.24) is 5.32 Å². The van der Waals surface area contributed by atoms with Crippen molar-refractivity contribution in [2.75, 3.05) is 18.8 Å². The van der Waals surface area contributed by atoms with Gasteiger partial charge in [-0.1, -0.05) is 29.3 Å². The smallest absolute Gasteiger partial charge is 0.396 e. The Morgan fingerprint density at radius 1 is 1.19 bits per heavy atom. The van der Waals surface area contributed by atoms with Crippen LogP contribution in [0.4, 0.5) is 28.9 Å². The molecule has 0 aromatic heterocycles. The maximum Gasteiger partial charge on any atom is 0.416 e. The minimum absolute atomic E-state index is 0.0959. The Balaban J connectivity index is 2.36. The number of rotatable bonds is 8. The summed E-state index contributed by atoms with van der Waals surface area (Å²) in [5, 5.41) is 11.9. The third-order valence-corrected chi connectivity index (χ3v) is 5.34. The number of anilines is 2. The van der Waals surface area contributed by atoms with Crippen LogP contribution in [-0.2, 0) is 15.8 Å². The highest BCUT2D eigenvalue weighted by Gasteiger charge is 2.33. The number of hydrogen-bond donors (Lipinski definition) is 2. The second-order valence-electron chi connectivity index (χ2n) is 7.11. The van der Waals surface area contributed by atoms with Crippen molar-refractivity contribution in [2.24, 2.45) is 0 Å². The summed E-state index contributed by atoms with van der Waals surface area (Å²) in [6.07, 6.45) is -4.29. The van der Waals surface area contributed by atoms with E-state index < -0.39 is 29.4 Å². The molecule has 1 amide bonds. The maximum atomic E-state index is 14.9. The topological polar surface area (TPSA) is 61.8 Å². The molecule has 32 heavy (non-hydrogen) atoms. The molecule has 0 fully saturated rings.